The maximum atomic E-state index is 12.5. The molecule has 3 amide bonds. The zero-order chi connectivity index (χ0) is 20.6. The van der Waals surface area contributed by atoms with E-state index in [2.05, 4.69) is 39.8 Å². The van der Waals surface area contributed by atoms with Gasteiger partial charge in [-0.2, -0.15) is 0 Å². The molecule has 1 saturated carbocycles. The Morgan fingerprint density at radius 3 is 2.28 bits per heavy atom. The average Bonchev–Trinajstić information content (AvgIpc) is 2.74. The normalized spacial score (nSPS) is 18.3. The highest BCUT2D eigenvalue weighted by atomic mass is 16.2. The summed E-state index contributed by atoms with van der Waals surface area (Å²) in [7, 11) is 4.03. The predicted octanol–water partition coefficient (Wildman–Crippen LogP) is 3.51. The summed E-state index contributed by atoms with van der Waals surface area (Å²) < 4.78 is 0. The molecule has 0 aromatic heterocycles. The van der Waals surface area contributed by atoms with Crippen molar-refractivity contribution in [2.75, 3.05) is 32.1 Å². The molecule has 1 aromatic carbocycles. The summed E-state index contributed by atoms with van der Waals surface area (Å²) in [5, 5.41) is 6.24. The molecule has 0 radical (unpaired) electrons. The van der Waals surface area contributed by atoms with Crippen molar-refractivity contribution in [3.8, 4) is 0 Å². The second-order valence-corrected chi connectivity index (χ2v) is 8.76. The Labute approximate surface area is 175 Å². The van der Waals surface area contributed by atoms with Gasteiger partial charge in [0.2, 0.25) is 5.91 Å². The molecule has 0 unspecified atom stereocenters. The number of rotatable bonds is 6. The summed E-state index contributed by atoms with van der Waals surface area (Å²) in [6, 6.07) is 8.68. The summed E-state index contributed by atoms with van der Waals surface area (Å²) in [5.41, 5.74) is 2.26. The fourth-order valence-corrected chi connectivity index (χ4v) is 4.30. The van der Waals surface area contributed by atoms with E-state index in [9.17, 15) is 9.59 Å². The lowest BCUT2D eigenvalue weighted by molar-refractivity contribution is -0.122. The molecule has 6 heteroatoms. The van der Waals surface area contributed by atoms with Crippen LogP contribution in [0.15, 0.2) is 24.3 Å². The molecule has 0 spiro atoms. The van der Waals surface area contributed by atoms with Gasteiger partial charge in [0.05, 0.1) is 0 Å². The number of amides is 3. The molecule has 160 valence electrons. The van der Waals surface area contributed by atoms with Crippen LogP contribution in [0.2, 0.25) is 0 Å². The van der Waals surface area contributed by atoms with Gasteiger partial charge in [0.15, 0.2) is 0 Å². The fraction of sp³-hybridized carbons (Fsp3) is 0.652. The van der Waals surface area contributed by atoms with Gasteiger partial charge in [-0.15, -0.1) is 0 Å². The Balaban J connectivity index is 1.34. The van der Waals surface area contributed by atoms with Crippen molar-refractivity contribution in [2.45, 2.75) is 64.0 Å². The molecule has 2 N–H and O–H groups in total. The molecule has 6 nitrogen and oxygen atoms in total. The van der Waals surface area contributed by atoms with Crippen molar-refractivity contribution in [3.63, 3.8) is 0 Å². The lowest BCUT2D eigenvalue weighted by Crippen LogP contribution is -2.48. The van der Waals surface area contributed by atoms with Crippen LogP contribution in [0.1, 0.15) is 56.9 Å². The average molecular weight is 401 g/mol. The molecular weight excluding hydrogens is 364 g/mol. The van der Waals surface area contributed by atoms with E-state index in [1.807, 2.05) is 19.0 Å². The minimum absolute atomic E-state index is 0.0842. The van der Waals surface area contributed by atoms with Crippen LogP contribution in [0.3, 0.4) is 0 Å². The summed E-state index contributed by atoms with van der Waals surface area (Å²) in [6.45, 7) is 2.07. The Morgan fingerprint density at radius 2 is 1.66 bits per heavy atom. The lowest BCUT2D eigenvalue weighted by Gasteiger charge is -2.33. The minimum Gasteiger partial charge on any atom is -0.378 e. The zero-order valence-electron chi connectivity index (χ0n) is 18.0. The fourth-order valence-electron chi connectivity index (χ4n) is 4.30. The minimum atomic E-state index is 0.0842. The molecule has 1 aliphatic carbocycles. The third-order valence-corrected chi connectivity index (χ3v) is 6.25. The van der Waals surface area contributed by atoms with Crippen molar-refractivity contribution < 1.29 is 9.59 Å². The third-order valence-electron chi connectivity index (χ3n) is 6.25. The monoisotopic (exact) mass is 400 g/mol. The van der Waals surface area contributed by atoms with Gasteiger partial charge < -0.3 is 20.4 Å². The van der Waals surface area contributed by atoms with Crippen molar-refractivity contribution in [3.05, 3.63) is 29.8 Å². The van der Waals surface area contributed by atoms with Crippen molar-refractivity contribution in [1.82, 2.24) is 15.5 Å². The lowest BCUT2D eigenvalue weighted by atomic mass is 9.93. The van der Waals surface area contributed by atoms with E-state index in [1.54, 1.807) is 0 Å². The Bertz CT molecular complexity index is 660. The highest BCUT2D eigenvalue weighted by Crippen LogP contribution is 2.22. The van der Waals surface area contributed by atoms with Gasteiger partial charge >= 0.3 is 6.03 Å². The first-order valence-electron chi connectivity index (χ1n) is 11.1. The van der Waals surface area contributed by atoms with E-state index in [-0.39, 0.29) is 11.9 Å². The number of nitrogens with one attached hydrogen (secondary N) is 2. The smallest absolute Gasteiger partial charge is 0.317 e. The number of nitrogens with zero attached hydrogens (tertiary/aromatic N) is 2. The molecule has 29 heavy (non-hydrogen) atoms. The van der Waals surface area contributed by atoms with Gasteiger partial charge in [-0.3, -0.25) is 4.79 Å². The summed E-state index contributed by atoms with van der Waals surface area (Å²) in [6.07, 6.45) is 8.32. The number of anilines is 1. The predicted molar refractivity (Wildman–Crippen MR) is 117 cm³/mol. The molecule has 2 aliphatic rings. The topological polar surface area (TPSA) is 64.7 Å². The number of benzene rings is 1. The highest BCUT2D eigenvalue weighted by molar-refractivity contribution is 5.76. The van der Waals surface area contributed by atoms with Crippen molar-refractivity contribution >= 4 is 17.6 Å². The molecular formula is C23H36N4O2. The summed E-state index contributed by atoms with van der Waals surface area (Å²) in [4.78, 5) is 28.8. The zero-order valence-corrected chi connectivity index (χ0v) is 18.0. The number of hydrogen-bond donors (Lipinski definition) is 2. The molecule has 1 aliphatic heterocycles. The van der Waals surface area contributed by atoms with Crippen molar-refractivity contribution in [1.29, 1.82) is 0 Å². The summed E-state index contributed by atoms with van der Waals surface area (Å²) >= 11 is 0. The van der Waals surface area contributed by atoms with Crippen molar-refractivity contribution in [2.24, 2.45) is 5.92 Å². The van der Waals surface area contributed by atoms with Gasteiger partial charge in [0.25, 0.3) is 0 Å². The van der Waals surface area contributed by atoms with Gasteiger partial charge in [-0.1, -0.05) is 31.4 Å². The number of carbonyl (C=O) groups is 2. The number of carbonyl (C=O) groups excluding carboxylic acids is 2. The first-order chi connectivity index (χ1) is 14.0. The quantitative estimate of drug-likeness (QED) is 0.768. The van der Waals surface area contributed by atoms with E-state index < -0.39 is 0 Å². The second kappa shape index (κ2) is 10.5. The Kier molecular flexibility index (Phi) is 7.78. The van der Waals surface area contributed by atoms with Gasteiger partial charge in [-0.05, 0) is 49.3 Å². The molecule has 0 bridgehead atoms. The molecule has 1 heterocycles. The van der Waals surface area contributed by atoms with Crippen LogP contribution < -0.4 is 15.5 Å². The Morgan fingerprint density at radius 1 is 1.00 bits per heavy atom. The molecule has 3 rings (SSSR count). The number of likely N-dealkylation sites (tertiary alicyclic amines) is 1. The van der Waals surface area contributed by atoms with Gasteiger partial charge in [-0.25, -0.2) is 4.79 Å². The van der Waals surface area contributed by atoms with Gasteiger partial charge in [0.1, 0.15) is 0 Å². The molecule has 0 atom stereocenters. The first kappa shape index (κ1) is 21.5. The summed E-state index contributed by atoms with van der Waals surface area (Å²) in [5.74, 6) is 0.469. The highest BCUT2D eigenvalue weighted by Gasteiger charge is 2.26. The standard InChI is InChI=1S/C23H36N4O2/c1-26(2)21-10-8-19(9-11-21)17-24-22(28)16-18-12-14-27(15-13-18)23(29)25-20-6-4-3-5-7-20/h8-11,18,20H,3-7,12-17H2,1-2H3,(H,24,28)(H,25,29). The van der Waals surface area contributed by atoms with E-state index in [1.165, 1.54) is 19.3 Å². The van der Waals surface area contributed by atoms with Crippen LogP contribution in [0, 0.1) is 5.92 Å². The van der Waals surface area contributed by atoms with Crippen LogP contribution in [0.4, 0.5) is 10.5 Å². The molecule has 2 fully saturated rings. The van der Waals surface area contributed by atoms with E-state index in [0.717, 1.165) is 50.0 Å². The number of hydrogen-bond acceptors (Lipinski definition) is 3. The van der Waals surface area contributed by atoms with Gasteiger partial charge in [0, 0.05) is 51.9 Å². The van der Waals surface area contributed by atoms with E-state index in [4.69, 9.17) is 0 Å². The maximum absolute atomic E-state index is 12.5. The number of piperidine rings is 1. The van der Waals surface area contributed by atoms with Crippen LogP contribution in [-0.4, -0.2) is 50.1 Å². The molecule has 1 aromatic rings. The van der Waals surface area contributed by atoms with E-state index in [0.29, 0.717) is 24.9 Å². The van der Waals surface area contributed by atoms with E-state index >= 15 is 0 Å². The second-order valence-electron chi connectivity index (χ2n) is 8.76. The van der Waals surface area contributed by atoms with Crippen LogP contribution in [0.25, 0.3) is 0 Å². The van der Waals surface area contributed by atoms with Crippen LogP contribution >= 0.6 is 0 Å². The van der Waals surface area contributed by atoms with Crippen LogP contribution in [0.5, 0.6) is 0 Å². The SMILES string of the molecule is CN(C)c1ccc(CNC(=O)CC2CCN(C(=O)NC3CCCCC3)CC2)cc1. The maximum Gasteiger partial charge on any atom is 0.317 e. The number of urea groups is 1. The molecule has 1 saturated heterocycles. The first-order valence-corrected chi connectivity index (χ1v) is 11.1. The largest absolute Gasteiger partial charge is 0.378 e. The van der Waals surface area contributed by atoms with Crippen LogP contribution in [-0.2, 0) is 11.3 Å². The Hall–Kier alpha value is -2.24. The third kappa shape index (κ3) is 6.65.